The number of Topliss-reactive ketones (excluding diaryl/α,β-unsaturated/α-hetero) is 1. The molecule has 5 nitrogen and oxygen atoms in total. The number of carbonyl (C=O) groups excluding carboxylic acids is 2. The van der Waals surface area contributed by atoms with Crippen molar-refractivity contribution >= 4 is 46.3 Å². The lowest BCUT2D eigenvalue weighted by molar-refractivity contribution is 0.0973. The van der Waals surface area contributed by atoms with Crippen molar-refractivity contribution in [2.75, 3.05) is 12.4 Å². The minimum atomic E-state index is -0.449. The van der Waals surface area contributed by atoms with Crippen LogP contribution in [0.15, 0.2) is 42.5 Å². The highest BCUT2D eigenvalue weighted by atomic mass is 35.5. The van der Waals surface area contributed by atoms with Crippen molar-refractivity contribution in [2.45, 2.75) is 6.92 Å². The van der Waals surface area contributed by atoms with E-state index in [0.29, 0.717) is 22.0 Å². The standard InChI is InChI=1S/C17H15ClN2O3S/c1-10(21)11-4-3-5-13(8-11)19-17(24)20-16(22)14-9-12(18)6-7-15(14)23-2/h3-9H,1-2H3,(H2,19,20,22,24). The largest absolute Gasteiger partial charge is 0.496 e. The number of rotatable bonds is 4. The van der Waals surface area contributed by atoms with Crippen LogP contribution in [0.4, 0.5) is 5.69 Å². The van der Waals surface area contributed by atoms with E-state index in [0.717, 1.165) is 0 Å². The first-order chi connectivity index (χ1) is 11.4. The number of methoxy groups -OCH3 is 1. The molecule has 0 bridgehead atoms. The predicted molar refractivity (Wildman–Crippen MR) is 98.1 cm³/mol. The molecule has 0 aliphatic carbocycles. The Hall–Kier alpha value is -2.44. The van der Waals surface area contributed by atoms with Gasteiger partial charge >= 0.3 is 0 Å². The first-order valence-electron chi connectivity index (χ1n) is 6.97. The second-order valence-corrected chi connectivity index (χ2v) is 5.73. The number of halogens is 1. The number of ether oxygens (including phenoxy) is 1. The van der Waals surface area contributed by atoms with Crippen LogP contribution in [0, 0.1) is 0 Å². The second kappa shape index (κ2) is 7.90. The number of ketones is 1. The van der Waals surface area contributed by atoms with Crippen molar-refractivity contribution in [3.63, 3.8) is 0 Å². The molecule has 124 valence electrons. The van der Waals surface area contributed by atoms with E-state index in [1.807, 2.05) is 0 Å². The Morgan fingerprint density at radius 1 is 1.17 bits per heavy atom. The number of thiocarbonyl (C=S) groups is 1. The SMILES string of the molecule is COc1ccc(Cl)cc1C(=O)NC(=S)Nc1cccc(C(C)=O)c1. The smallest absolute Gasteiger partial charge is 0.261 e. The average molecular weight is 363 g/mol. The molecule has 0 aromatic heterocycles. The van der Waals surface area contributed by atoms with E-state index in [1.54, 1.807) is 36.4 Å². The summed E-state index contributed by atoms with van der Waals surface area (Å²) in [6.45, 7) is 1.48. The number of anilines is 1. The van der Waals surface area contributed by atoms with Crippen LogP contribution in [-0.2, 0) is 0 Å². The number of carbonyl (C=O) groups is 2. The molecular formula is C17H15ClN2O3S. The molecule has 0 saturated heterocycles. The van der Waals surface area contributed by atoms with Crippen LogP contribution in [0.25, 0.3) is 0 Å². The third-order valence-electron chi connectivity index (χ3n) is 3.16. The fourth-order valence-electron chi connectivity index (χ4n) is 2.01. The molecule has 0 unspecified atom stereocenters. The number of hydrogen-bond acceptors (Lipinski definition) is 4. The summed E-state index contributed by atoms with van der Waals surface area (Å²) in [4.78, 5) is 23.7. The van der Waals surface area contributed by atoms with Gasteiger partial charge in [-0.2, -0.15) is 0 Å². The van der Waals surface area contributed by atoms with Gasteiger partial charge in [-0.25, -0.2) is 0 Å². The summed E-state index contributed by atoms with van der Waals surface area (Å²) in [5.74, 6) is -0.120. The lowest BCUT2D eigenvalue weighted by Gasteiger charge is -2.12. The molecule has 0 heterocycles. The van der Waals surface area contributed by atoms with Crippen molar-refractivity contribution in [3.8, 4) is 5.75 Å². The summed E-state index contributed by atoms with van der Waals surface area (Å²) in [5.41, 5.74) is 1.42. The third kappa shape index (κ3) is 4.53. The zero-order valence-electron chi connectivity index (χ0n) is 13.1. The Labute approximate surface area is 150 Å². The molecule has 7 heteroatoms. The fourth-order valence-corrected chi connectivity index (χ4v) is 2.39. The average Bonchev–Trinajstić information content (AvgIpc) is 2.54. The zero-order valence-corrected chi connectivity index (χ0v) is 14.6. The van der Waals surface area contributed by atoms with Gasteiger partial charge in [0.1, 0.15) is 5.75 Å². The summed E-state index contributed by atoms with van der Waals surface area (Å²) in [6.07, 6.45) is 0. The van der Waals surface area contributed by atoms with Gasteiger partial charge in [0.05, 0.1) is 12.7 Å². The molecule has 0 fully saturated rings. The monoisotopic (exact) mass is 362 g/mol. The van der Waals surface area contributed by atoms with E-state index < -0.39 is 5.91 Å². The van der Waals surface area contributed by atoms with Gasteiger partial charge in [-0.15, -0.1) is 0 Å². The number of amides is 1. The summed E-state index contributed by atoms with van der Waals surface area (Å²) in [6, 6.07) is 11.5. The van der Waals surface area contributed by atoms with Gasteiger partial charge in [0.2, 0.25) is 0 Å². The molecule has 2 aromatic rings. The third-order valence-corrected chi connectivity index (χ3v) is 3.60. The van der Waals surface area contributed by atoms with Gasteiger partial charge in [-0.1, -0.05) is 23.7 Å². The molecule has 1 amide bonds. The fraction of sp³-hybridized carbons (Fsp3) is 0.118. The van der Waals surface area contributed by atoms with Gasteiger partial charge < -0.3 is 10.1 Å². The number of nitrogens with one attached hydrogen (secondary N) is 2. The molecule has 0 aliphatic rings. The normalized spacial score (nSPS) is 9.96. The molecule has 0 atom stereocenters. The molecule has 0 spiro atoms. The summed E-state index contributed by atoms with van der Waals surface area (Å²) < 4.78 is 5.14. The minimum Gasteiger partial charge on any atom is -0.496 e. The van der Waals surface area contributed by atoms with Crippen molar-refractivity contribution in [1.82, 2.24) is 5.32 Å². The number of benzene rings is 2. The summed E-state index contributed by atoms with van der Waals surface area (Å²) in [5, 5.41) is 5.93. The quantitative estimate of drug-likeness (QED) is 0.641. The Balaban J connectivity index is 2.10. The Morgan fingerprint density at radius 2 is 1.92 bits per heavy atom. The molecule has 0 saturated carbocycles. The number of hydrogen-bond donors (Lipinski definition) is 2. The van der Waals surface area contributed by atoms with Crippen LogP contribution in [0.2, 0.25) is 5.02 Å². The van der Waals surface area contributed by atoms with Crippen LogP contribution in [0.1, 0.15) is 27.6 Å². The van der Waals surface area contributed by atoms with Gasteiger partial charge in [0.25, 0.3) is 5.91 Å². The van der Waals surface area contributed by atoms with Crippen LogP contribution in [-0.4, -0.2) is 23.9 Å². The zero-order chi connectivity index (χ0) is 17.7. The van der Waals surface area contributed by atoms with Crippen LogP contribution < -0.4 is 15.4 Å². The molecule has 24 heavy (non-hydrogen) atoms. The Morgan fingerprint density at radius 3 is 2.58 bits per heavy atom. The van der Waals surface area contributed by atoms with E-state index in [4.69, 9.17) is 28.6 Å². The maximum absolute atomic E-state index is 12.3. The molecule has 0 aliphatic heterocycles. The maximum Gasteiger partial charge on any atom is 0.261 e. The van der Waals surface area contributed by atoms with Gasteiger partial charge in [0, 0.05) is 16.3 Å². The van der Waals surface area contributed by atoms with Gasteiger partial charge in [0.15, 0.2) is 10.9 Å². The predicted octanol–water partition coefficient (Wildman–Crippen LogP) is 3.68. The van der Waals surface area contributed by atoms with Gasteiger partial charge in [-0.05, 0) is 49.5 Å². The van der Waals surface area contributed by atoms with E-state index in [-0.39, 0.29) is 16.5 Å². The minimum absolute atomic E-state index is 0.0581. The highest BCUT2D eigenvalue weighted by molar-refractivity contribution is 7.80. The van der Waals surface area contributed by atoms with Gasteiger partial charge in [-0.3, -0.25) is 14.9 Å². The Kier molecular flexibility index (Phi) is 5.89. The maximum atomic E-state index is 12.3. The van der Waals surface area contributed by atoms with E-state index in [1.165, 1.54) is 20.1 Å². The Bertz CT molecular complexity index is 808. The molecular weight excluding hydrogens is 348 g/mol. The van der Waals surface area contributed by atoms with Crippen LogP contribution in [0.3, 0.4) is 0 Å². The van der Waals surface area contributed by atoms with Crippen molar-refractivity contribution < 1.29 is 14.3 Å². The molecule has 2 N–H and O–H groups in total. The molecule has 2 aromatic carbocycles. The van der Waals surface area contributed by atoms with E-state index in [2.05, 4.69) is 10.6 Å². The lowest BCUT2D eigenvalue weighted by Crippen LogP contribution is -2.34. The molecule has 2 rings (SSSR count). The van der Waals surface area contributed by atoms with Crippen LogP contribution in [0.5, 0.6) is 5.75 Å². The first-order valence-corrected chi connectivity index (χ1v) is 7.76. The van der Waals surface area contributed by atoms with E-state index in [9.17, 15) is 9.59 Å². The summed E-state index contributed by atoms with van der Waals surface area (Å²) in [7, 11) is 1.46. The first kappa shape index (κ1) is 17.9. The highest BCUT2D eigenvalue weighted by Gasteiger charge is 2.14. The van der Waals surface area contributed by atoms with Crippen molar-refractivity contribution in [3.05, 3.63) is 58.6 Å². The van der Waals surface area contributed by atoms with Crippen molar-refractivity contribution in [2.24, 2.45) is 0 Å². The highest BCUT2D eigenvalue weighted by Crippen LogP contribution is 2.22. The lowest BCUT2D eigenvalue weighted by atomic mass is 10.1. The molecule has 0 radical (unpaired) electrons. The van der Waals surface area contributed by atoms with Crippen molar-refractivity contribution in [1.29, 1.82) is 0 Å². The summed E-state index contributed by atoms with van der Waals surface area (Å²) >= 11 is 11.0. The topological polar surface area (TPSA) is 67.4 Å². The van der Waals surface area contributed by atoms with Crippen LogP contribution >= 0.6 is 23.8 Å². The van der Waals surface area contributed by atoms with E-state index >= 15 is 0 Å². The second-order valence-electron chi connectivity index (χ2n) is 4.89.